The lowest BCUT2D eigenvalue weighted by molar-refractivity contribution is 0.0640. The summed E-state index contributed by atoms with van der Waals surface area (Å²) >= 11 is 0. The third-order valence-electron chi connectivity index (χ3n) is 8.24. The predicted octanol–water partition coefficient (Wildman–Crippen LogP) is 3.57. The van der Waals surface area contributed by atoms with Crippen LogP contribution in [0.25, 0.3) is 0 Å². The van der Waals surface area contributed by atoms with Crippen LogP contribution in [-0.2, 0) is 0 Å². The summed E-state index contributed by atoms with van der Waals surface area (Å²) in [6.45, 7) is 15.3. The van der Waals surface area contributed by atoms with Crippen molar-refractivity contribution in [1.29, 1.82) is 0 Å². The Kier molecular flexibility index (Phi) is 7.81. The molecule has 0 bridgehead atoms. The van der Waals surface area contributed by atoms with E-state index in [0.717, 1.165) is 45.2 Å². The third-order valence-corrected chi connectivity index (χ3v) is 8.24. The van der Waals surface area contributed by atoms with Crippen LogP contribution in [0.15, 0.2) is 24.5 Å². The summed E-state index contributed by atoms with van der Waals surface area (Å²) in [5.74, 6) is 1.09. The van der Waals surface area contributed by atoms with Gasteiger partial charge < -0.3 is 24.8 Å². The Morgan fingerprint density at radius 2 is 1.95 bits per heavy atom. The standard InChI is InChI=1S/C28H40FN7O2/c1-19(2)36(20(3)4)27(37)23-13-22(29)5-6-24(23)38-26-25(31-18-32-33-26)35-16-28(17-35)8-11-34(12-9-28)15-21-7-10-30-14-21/h5-6,13,18-21,30H,7-12,14-17H2,1-4H3/t21-/m1/s1. The van der Waals surface area contributed by atoms with Crippen LogP contribution in [0.5, 0.6) is 11.6 Å². The van der Waals surface area contributed by atoms with Gasteiger partial charge in [0.25, 0.3) is 11.8 Å². The fourth-order valence-corrected chi connectivity index (χ4v) is 6.28. The summed E-state index contributed by atoms with van der Waals surface area (Å²) in [5.41, 5.74) is 0.451. The topological polar surface area (TPSA) is 86.7 Å². The van der Waals surface area contributed by atoms with Gasteiger partial charge in [-0.1, -0.05) is 0 Å². The molecule has 1 N–H and O–H groups in total. The van der Waals surface area contributed by atoms with Crippen LogP contribution in [0, 0.1) is 17.2 Å². The van der Waals surface area contributed by atoms with Gasteiger partial charge in [0.05, 0.1) is 5.56 Å². The normalized spacial score (nSPS) is 21.2. The Labute approximate surface area is 224 Å². The maximum Gasteiger partial charge on any atom is 0.282 e. The van der Waals surface area contributed by atoms with Crippen LogP contribution in [0.2, 0.25) is 0 Å². The number of rotatable bonds is 8. The van der Waals surface area contributed by atoms with Crippen LogP contribution in [-0.4, -0.2) is 88.8 Å². The van der Waals surface area contributed by atoms with Gasteiger partial charge in [0.2, 0.25) is 0 Å². The number of amides is 1. The van der Waals surface area contributed by atoms with Crippen molar-refractivity contribution in [2.45, 2.75) is 59.0 Å². The molecule has 206 valence electrons. The first-order valence-corrected chi connectivity index (χ1v) is 13.9. The number of hydrogen-bond donors (Lipinski definition) is 1. The lowest BCUT2D eigenvalue weighted by atomic mass is 9.72. The van der Waals surface area contributed by atoms with Crippen molar-refractivity contribution in [3.05, 3.63) is 35.9 Å². The summed E-state index contributed by atoms with van der Waals surface area (Å²) in [5, 5.41) is 11.6. The van der Waals surface area contributed by atoms with Gasteiger partial charge in [-0.15, -0.1) is 10.2 Å². The number of nitrogens with one attached hydrogen (secondary N) is 1. The molecular formula is C28H40FN7O2. The molecule has 1 spiro atoms. The van der Waals surface area contributed by atoms with E-state index in [1.807, 2.05) is 27.7 Å². The molecule has 38 heavy (non-hydrogen) atoms. The van der Waals surface area contributed by atoms with E-state index in [2.05, 4.69) is 30.3 Å². The van der Waals surface area contributed by atoms with E-state index in [9.17, 15) is 9.18 Å². The molecule has 1 amide bonds. The molecule has 3 saturated heterocycles. The first kappa shape index (κ1) is 26.7. The first-order chi connectivity index (χ1) is 18.2. The van der Waals surface area contributed by atoms with Crippen molar-refractivity contribution in [3.63, 3.8) is 0 Å². The van der Waals surface area contributed by atoms with Gasteiger partial charge in [-0.25, -0.2) is 9.37 Å². The monoisotopic (exact) mass is 525 g/mol. The molecule has 1 atom stereocenters. The minimum Gasteiger partial charge on any atom is -0.434 e. The minimum atomic E-state index is -0.495. The fourth-order valence-electron chi connectivity index (χ4n) is 6.28. The van der Waals surface area contributed by atoms with Crippen molar-refractivity contribution in [3.8, 4) is 11.6 Å². The van der Waals surface area contributed by atoms with E-state index in [-0.39, 0.29) is 35.2 Å². The first-order valence-electron chi connectivity index (χ1n) is 13.9. The lowest BCUT2D eigenvalue weighted by Crippen LogP contribution is -2.61. The molecule has 10 heteroatoms. The van der Waals surface area contributed by atoms with Gasteiger partial charge >= 0.3 is 0 Å². The molecule has 3 aliphatic heterocycles. The highest BCUT2D eigenvalue weighted by Crippen LogP contribution is 2.44. The second-order valence-electron chi connectivity index (χ2n) is 11.7. The van der Waals surface area contributed by atoms with Crippen molar-refractivity contribution >= 4 is 11.7 Å². The Balaban J connectivity index is 1.27. The van der Waals surface area contributed by atoms with Crippen LogP contribution < -0.4 is 15.0 Å². The SMILES string of the molecule is CC(C)N(C(=O)c1cc(F)ccc1Oc1nncnc1N1CC2(CCN(C[C@@H]3CCNC3)CC2)C1)C(C)C. The van der Waals surface area contributed by atoms with Gasteiger partial charge in [0.1, 0.15) is 17.9 Å². The number of ether oxygens (including phenoxy) is 1. The molecule has 9 nitrogen and oxygen atoms in total. The molecular weight excluding hydrogens is 485 g/mol. The third kappa shape index (κ3) is 5.61. The smallest absolute Gasteiger partial charge is 0.282 e. The summed E-state index contributed by atoms with van der Waals surface area (Å²) < 4.78 is 20.4. The largest absolute Gasteiger partial charge is 0.434 e. The quantitative estimate of drug-likeness (QED) is 0.560. The number of carbonyl (C=O) groups excluding carboxylic acids is 1. The average Bonchev–Trinajstić information content (AvgIpc) is 3.37. The van der Waals surface area contributed by atoms with E-state index in [1.165, 1.54) is 50.3 Å². The van der Waals surface area contributed by atoms with Crippen LogP contribution in [0.4, 0.5) is 10.2 Å². The summed E-state index contributed by atoms with van der Waals surface area (Å²) in [6.07, 6.45) is 5.05. The van der Waals surface area contributed by atoms with Gasteiger partial charge in [-0.2, -0.15) is 0 Å². The molecule has 5 rings (SSSR count). The van der Waals surface area contributed by atoms with Crippen molar-refractivity contribution < 1.29 is 13.9 Å². The number of benzene rings is 1. The molecule has 0 radical (unpaired) electrons. The Hall–Kier alpha value is -2.85. The van der Waals surface area contributed by atoms with E-state index < -0.39 is 5.82 Å². The van der Waals surface area contributed by atoms with Gasteiger partial charge in [0, 0.05) is 37.1 Å². The van der Waals surface area contributed by atoms with Crippen LogP contribution in [0.3, 0.4) is 0 Å². The second kappa shape index (κ2) is 11.1. The highest BCUT2D eigenvalue weighted by atomic mass is 19.1. The maximum atomic E-state index is 14.2. The number of anilines is 1. The van der Waals surface area contributed by atoms with Crippen molar-refractivity contribution in [2.24, 2.45) is 11.3 Å². The Morgan fingerprint density at radius 3 is 2.61 bits per heavy atom. The van der Waals surface area contributed by atoms with Gasteiger partial charge in [-0.3, -0.25) is 4.79 Å². The number of nitrogens with zero attached hydrogens (tertiary/aromatic N) is 6. The van der Waals surface area contributed by atoms with Gasteiger partial charge in [-0.05, 0) is 97.3 Å². The fraction of sp³-hybridized carbons (Fsp3) is 0.643. The Bertz CT molecular complexity index is 1110. The number of halogens is 1. The van der Waals surface area contributed by atoms with Gasteiger partial charge in [0.15, 0.2) is 5.82 Å². The van der Waals surface area contributed by atoms with Crippen molar-refractivity contribution in [1.82, 2.24) is 30.3 Å². The maximum absolute atomic E-state index is 14.2. The summed E-state index contributed by atoms with van der Waals surface area (Å²) in [7, 11) is 0. The van der Waals surface area contributed by atoms with Crippen LogP contribution >= 0.6 is 0 Å². The molecule has 0 aliphatic carbocycles. The molecule has 0 unspecified atom stereocenters. The van der Waals surface area contributed by atoms with E-state index in [1.54, 1.807) is 4.90 Å². The molecule has 1 aromatic heterocycles. The van der Waals surface area contributed by atoms with E-state index >= 15 is 0 Å². The molecule has 3 aliphatic rings. The lowest BCUT2D eigenvalue weighted by Gasteiger charge is -2.54. The zero-order valence-electron chi connectivity index (χ0n) is 23.0. The highest BCUT2D eigenvalue weighted by molar-refractivity contribution is 5.97. The summed E-state index contributed by atoms with van der Waals surface area (Å²) in [6, 6.07) is 3.90. The highest BCUT2D eigenvalue weighted by Gasteiger charge is 2.46. The second-order valence-corrected chi connectivity index (χ2v) is 11.7. The molecule has 1 aromatic carbocycles. The number of hydrogen-bond acceptors (Lipinski definition) is 8. The van der Waals surface area contributed by atoms with Crippen LogP contribution in [0.1, 0.15) is 57.3 Å². The summed E-state index contributed by atoms with van der Waals surface area (Å²) in [4.78, 5) is 24.4. The molecule has 0 saturated carbocycles. The molecule has 2 aromatic rings. The van der Waals surface area contributed by atoms with E-state index in [4.69, 9.17) is 4.74 Å². The number of carbonyl (C=O) groups is 1. The van der Waals surface area contributed by atoms with Crippen molar-refractivity contribution in [2.75, 3.05) is 50.7 Å². The predicted molar refractivity (Wildman–Crippen MR) is 144 cm³/mol. The van der Waals surface area contributed by atoms with E-state index in [0.29, 0.717) is 11.2 Å². The number of piperidine rings is 1. The number of aromatic nitrogens is 3. The zero-order valence-corrected chi connectivity index (χ0v) is 23.0. The molecule has 4 heterocycles. The average molecular weight is 526 g/mol. The Morgan fingerprint density at radius 1 is 1.21 bits per heavy atom. The minimum absolute atomic E-state index is 0.0501. The molecule has 3 fully saturated rings. The zero-order chi connectivity index (χ0) is 26.9. The number of likely N-dealkylation sites (tertiary alicyclic amines) is 1.